The second-order valence-corrected chi connectivity index (χ2v) is 7.00. The van der Waals surface area contributed by atoms with E-state index in [1.54, 1.807) is 0 Å². The number of benzene rings is 2. The van der Waals surface area contributed by atoms with Crippen LogP contribution in [0.4, 0.5) is 0 Å². The average molecular weight is 355 g/mol. The van der Waals surface area contributed by atoms with E-state index >= 15 is 0 Å². The minimum atomic E-state index is -0.929. The highest BCUT2D eigenvalue weighted by Crippen LogP contribution is 2.26. The van der Waals surface area contributed by atoms with Gasteiger partial charge in [0.15, 0.2) is 0 Å². The second-order valence-electron chi connectivity index (χ2n) is 7.00. The Kier molecular flexibility index (Phi) is 5.89. The lowest BCUT2D eigenvalue weighted by Crippen LogP contribution is -2.38. The smallest absolute Gasteiger partial charge is 0.305 e. The number of fused-ring (bicyclic) bond motifs is 1. The summed E-state index contributed by atoms with van der Waals surface area (Å²) in [6.45, 7) is 3.29. The third kappa shape index (κ3) is 4.41. The SMILES string of the molecule is CC(C(=O)N[C@@H](CC(=O)O)c1ccc2ccccc2c1)C1CCOCC1. The maximum absolute atomic E-state index is 12.7. The Bertz CT molecular complexity index is 782. The van der Waals surface area contributed by atoms with Crippen molar-refractivity contribution in [2.45, 2.75) is 32.2 Å². The highest BCUT2D eigenvalue weighted by molar-refractivity contribution is 5.84. The molecule has 1 saturated heterocycles. The Morgan fingerprint density at radius 3 is 2.54 bits per heavy atom. The first-order valence-electron chi connectivity index (χ1n) is 9.13. The van der Waals surface area contributed by atoms with Crippen LogP contribution in [0.15, 0.2) is 42.5 Å². The summed E-state index contributed by atoms with van der Waals surface area (Å²) in [5, 5.41) is 14.4. The number of carboxylic acid groups (broad SMARTS) is 1. The average Bonchev–Trinajstić information content (AvgIpc) is 2.66. The lowest BCUT2D eigenvalue weighted by Gasteiger charge is -2.28. The van der Waals surface area contributed by atoms with Crippen molar-refractivity contribution in [2.24, 2.45) is 11.8 Å². The molecule has 1 fully saturated rings. The summed E-state index contributed by atoms with van der Waals surface area (Å²) in [5.74, 6) is -0.889. The number of ether oxygens (including phenoxy) is 1. The molecule has 5 heteroatoms. The maximum atomic E-state index is 12.7. The van der Waals surface area contributed by atoms with Crippen molar-refractivity contribution in [2.75, 3.05) is 13.2 Å². The highest BCUT2D eigenvalue weighted by atomic mass is 16.5. The number of carbonyl (C=O) groups is 2. The fourth-order valence-corrected chi connectivity index (χ4v) is 3.58. The standard InChI is InChI=1S/C21H25NO4/c1-14(15-8-10-26-11-9-15)21(25)22-19(13-20(23)24)18-7-6-16-4-2-3-5-17(16)12-18/h2-7,12,14-15,19H,8-11,13H2,1H3,(H,22,25)(H,23,24)/t14?,19-/m0/s1. The van der Waals surface area contributed by atoms with Crippen LogP contribution in [0.3, 0.4) is 0 Å². The number of hydrogen-bond acceptors (Lipinski definition) is 3. The second kappa shape index (κ2) is 8.32. The van der Waals surface area contributed by atoms with Gasteiger partial charge in [-0.1, -0.05) is 43.3 Å². The number of carboxylic acids is 1. The summed E-state index contributed by atoms with van der Waals surface area (Å²) in [4.78, 5) is 24.1. The summed E-state index contributed by atoms with van der Waals surface area (Å²) in [6.07, 6.45) is 1.60. The number of nitrogens with one attached hydrogen (secondary N) is 1. The number of amides is 1. The Morgan fingerprint density at radius 1 is 1.15 bits per heavy atom. The first-order valence-corrected chi connectivity index (χ1v) is 9.13. The van der Waals surface area contributed by atoms with Gasteiger partial charge in [0.25, 0.3) is 0 Å². The fourth-order valence-electron chi connectivity index (χ4n) is 3.58. The molecule has 0 bridgehead atoms. The van der Waals surface area contributed by atoms with E-state index in [0.717, 1.165) is 29.2 Å². The van der Waals surface area contributed by atoms with Gasteiger partial charge in [-0.3, -0.25) is 9.59 Å². The van der Waals surface area contributed by atoms with Crippen molar-refractivity contribution in [1.29, 1.82) is 0 Å². The van der Waals surface area contributed by atoms with Crippen LogP contribution in [0.25, 0.3) is 10.8 Å². The molecule has 1 aliphatic rings. The molecule has 2 aromatic rings. The lowest BCUT2D eigenvalue weighted by atomic mass is 9.86. The van der Waals surface area contributed by atoms with E-state index < -0.39 is 12.0 Å². The van der Waals surface area contributed by atoms with Crippen LogP contribution >= 0.6 is 0 Å². The van der Waals surface area contributed by atoms with Crippen LogP contribution in [0.2, 0.25) is 0 Å². The summed E-state index contributed by atoms with van der Waals surface area (Å²) in [7, 11) is 0. The Labute approximate surface area is 153 Å². The molecule has 0 saturated carbocycles. The van der Waals surface area contributed by atoms with Crippen LogP contribution in [-0.4, -0.2) is 30.2 Å². The lowest BCUT2D eigenvalue weighted by molar-refractivity contribution is -0.138. The minimum Gasteiger partial charge on any atom is -0.481 e. The number of carbonyl (C=O) groups excluding carboxylic acids is 1. The third-order valence-electron chi connectivity index (χ3n) is 5.26. The van der Waals surface area contributed by atoms with E-state index in [9.17, 15) is 14.7 Å². The number of aliphatic carboxylic acids is 1. The Morgan fingerprint density at radius 2 is 1.85 bits per heavy atom. The fraction of sp³-hybridized carbons (Fsp3) is 0.429. The molecule has 0 aliphatic carbocycles. The van der Waals surface area contributed by atoms with E-state index in [1.807, 2.05) is 49.4 Å². The highest BCUT2D eigenvalue weighted by Gasteiger charge is 2.28. The molecule has 1 aliphatic heterocycles. The van der Waals surface area contributed by atoms with Crippen molar-refractivity contribution in [3.63, 3.8) is 0 Å². The Hall–Kier alpha value is -2.40. The van der Waals surface area contributed by atoms with Gasteiger partial charge in [0, 0.05) is 19.1 Å². The van der Waals surface area contributed by atoms with Gasteiger partial charge in [0.05, 0.1) is 12.5 Å². The maximum Gasteiger partial charge on any atom is 0.305 e. The van der Waals surface area contributed by atoms with Crippen molar-refractivity contribution in [3.05, 3.63) is 48.0 Å². The molecule has 26 heavy (non-hydrogen) atoms. The molecule has 2 atom stereocenters. The quantitative estimate of drug-likeness (QED) is 0.831. The van der Waals surface area contributed by atoms with E-state index in [0.29, 0.717) is 13.2 Å². The zero-order valence-corrected chi connectivity index (χ0v) is 15.0. The zero-order chi connectivity index (χ0) is 18.5. The largest absolute Gasteiger partial charge is 0.481 e. The summed E-state index contributed by atoms with van der Waals surface area (Å²) in [5.41, 5.74) is 0.818. The van der Waals surface area contributed by atoms with Crippen molar-refractivity contribution >= 4 is 22.6 Å². The monoisotopic (exact) mass is 355 g/mol. The van der Waals surface area contributed by atoms with Crippen LogP contribution < -0.4 is 5.32 Å². The first-order chi connectivity index (χ1) is 12.5. The van der Waals surface area contributed by atoms with E-state index in [4.69, 9.17) is 4.74 Å². The van der Waals surface area contributed by atoms with Gasteiger partial charge in [-0.2, -0.15) is 0 Å². The minimum absolute atomic E-state index is 0.0868. The predicted molar refractivity (Wildman–Crippen MR) is 99.8 cm³/mol. The summed E-state index contributed by atoms with van der Waals surface area (Å²) < 4.78 is 5.36. The molecule has 5 nitrogen and oxygen atoms in total. The predicted octanol–water partition coefficient (Wildman–Crippen LogP) is 3.53. The molecule has 138 valence electrons. The van der Waals surface area contributed by atoms with Crippen LogP contribution in [0.1, 0.15) is 37.8 Å². The molecule has 3 rings (SSSR count). The molecule has 2 aromatic carbocycles. The topological polar surface area (TPSA) is 75.6 Å². The van der Waals surface area contributed by atoms with Crippen molar-refractivity contribution in [1.82, 2.24) is 5.32 Å². The third-order valence-corrected chi connectivity index (χ3v) is 5.26. The van der Waals surface area contributed by atoms with E-state index in [2.05, 4.69) is 5.32 Å². The molecule has 1 amide bonds. The van der Waals surface area contributed by atoms with Gasteiger partial charge in [-0.15, -0.1) is 0 Å². The molecule has 1 heterocycles. The Balaban J connectivity index is 1.78. The molecule has 0 aromatic heterocycles. The number of rotatable bonds is 6. The van der Waals surface area contributed by atoms with Gasteiger partial charge < -0.3 is 15.2 Å². The molecule has 0 spiro atoms. The molecular weight excluding hydrogens is 330 g/mol. The van der Waals surface area contributed by atoms with Crippen molar-refractivity contribution < 1.29 is 19.4 Å². The molecule has 1 unspecified atom stereocenters. The molecule has 0 radical (unpaired) electrons. The summed E-state index contributed by atoms with van der Waals surface area (Å²) >= 11 is 0. The molecule has 2 N–H and O–H groups in total. The van der Waals surface area contributed by atoms with Gasteiger partial charge in [-0.25, -0.2) is 0 Å². The van der Waals surface area contributed by atoms with Gasteiger partial charge in [0.1, 0.15) is 0 Å². The normalized spacial score (nSPS) is 17.6. The summed E-state index contributed by atoms with van der Waals surface area (Å²) in [6, 6.07) is 13.2. The van der Waals surface area contributed by atoms with E-state index in [-0.39, 0.29) is 24.2 Å². The van der Waals surface area contributed by atoms with Gasteiger partial charge in [0.2, 0.25) is 5.91 Å². The number of hydrogen-bond donors (Lipinski definition) is 2. The zero-order valence-electron chi connectivity index (χ0n) is 15.0. The van der Waals surface area contributed by atoms with Crippen LogP contribution in [-0.2, 0) is 14.3 Å². The van der Waals surface area contributed by atoms with Gasteiger partial charge >= 0.3 is 5.97 Å². The molecular formula is C21H25NO4. The van der Waals surface area contributed by atoms with Crippen LogP contribution in [0, 0.1) is 11.8 Å². The van der Waals surface area contributed by atoms with Gasteiger partial charge in [-0.05, 0) is 41.2 Å². The van der Waals surface area contributed by atoms with Crippen LogP contribution in [0.5, 0.6) is 0 Å². The van der Waals surface area contributed by atoms with Crippen molar-refractivity contribution in [3.8, 4) is 0 Å². The first kappa shape index (κ1) is 18.4. The van der Waals surface area contributed by atoms with E-state index in [1.165, 1.54) is 0 Å².